The largest absolute Gasteiger partial charge is 0.370 e. The lowest BCUT2D eigenvalue weighted by molar-refractivity contribution is 0.570. The first-order valence-electron chi connectivity index (χ1n) is 11.5. The highest BCUT2D eigenvalue weighted by atomic mass is 35.5. The lowest BCUT2D eigenvalue weighted by atomic mass is 10.2. The van der Waals surface area contributed by atoms with Crippen LogP contribution in [-0.4, -0.2) is 50.6 Å². The summed E-state index contributed by atoms with van der Waals surface area (Å²) in [6.07, 6.45) is 2.60. The highest BCUT2D eigenvalue weighted by Crippen LogP contribution is 2.29. The molecule has 0 saturated carbocycles. The zero-order valence-electron chi connectivity index (χ0n) is 19.9. The second-order valence-electron chi connectivity index (χ2n) is 8.68. The summed E-state index contributed by atoms with van der Waals surface area (Å²) in [7, 11) is -1.72. The average molecular weight is 516 g/mol. The van der Waals surface area contributed by atoms with E-state index in [1.165, 1.54) is 18.0 Å². The molecule has 0 radical (unpaired) electrons. The summed E-state index contributed by atoms with van der Waals surface area (Å²) in [5.41, 5.74) is 2.36. The Balaban J connectivity index is 1.51. The maximum atomic E-state index is 12.8. The van der Waals surface area contributed by atoms with Gasteiger partial charge in [-0.15, -0.1) is 0 Å². The molecule has 1 aliphatic rings. The number of para-hydroxylation sites is 1. The van der Waals surface area contributed by atoms with Gasteiger partial charge in [0.2, 0.25) is 16.0 Å². The molecule has 1 aliphatic heterocycles. The topological polar surface area (TPSA) is 111 Å². The van der Waals surface area contributed by atoms with Gasteiger partial charge in [-0.25, -0.2) is 18.1 Å². The third kappa shape index (κ3) is 6.21. The van der Waals surface area contributed by atoms with E-state index in [2.05, 4.69) is 47.7 Å². The third-order valence-electron chi connectivity index (χ3n) is 5.65. The monoisotopic (exact) mass is 515 g/mol. The molecule has 3 aromatic rings. The number of sulfonamides is 1. The van der Waals surface area contributed by atoms with Gasteiger partial charge in [0.05, 0.1) is 11.9 Å². The van der Waals surface area contributed by atoms with Crippen molar-refractivity contribution in [3.05, 3.63) is 59.8 Å². The zero-order valence-corrected chi connectivity index (χ0v) is 21.5. The summed E-state index contributed by atoms with van der Waals surface area (Å²) in [4.78, 5) is 11.2. The summed E-state index contributed by atoms with van der Waals surface area (Å²) < 4.78 is 28.1. The number of aromatic nitrogens is 2. The quantitative estimate of drug-likeness (QED) is 0.337. The molecule has 11 heteroatoms. The molecule has 9 nitrogen and oxygen atoms in total. The van der Waals surface area contributed by atoms with Crippen molar-refractivity contribution in [2.75, 3.05) is 35.7 Å². The fourth-order valence-corrected chi connectivity index (χ4v) is 5.49. The first-order valence-corrected chi connectivity index (χ1v) is 13.3. The third-order valence-corrected chi connectivity index (χ3v) is 7.64. The summed E-state index contributed by atoms with van der Waals surface area (Å²) in [6.45, 7) is 5.55. The van der Waals surface area contributed by atoms with Crippen molar-refractivity contribution in [1.82, 2.24) is 20.0 Å². The molecule has 1 saturated heterocycles. The second-order valence-corrected chi connectivity index (χ2v) is 10.8. The smallest absolute Gasteiger partial charge is 0.242 e. The summed E-state index contributed by atoms with van der Waals surface area (Å²) >= 11 is 6.33. The maximum absolute atomic E-state index is 12.8. The molecular weight excluding hydrogens is 486 g/mol. The van der Waals surface area contributed by atoms with Gasteiger partial charge in [-0.2, -0.15) is 4.98 Å². The zero-order chi connectivity index (χ0) is 25.0. The van der Waals surface area contributed by atoms with E-state index in [4.69, 9.17) is 11.6 Å². The molecule has 0 amide bonds. The lowest BCUT2D eigenvalue weighted by Gasteiger charge is -2.19. The van der Waals surface area contributed by atoms with Crippen molar-refractivity contribution < 1.29 is 8.42 Å². The molecule has 0 spiro atoms. The van der Waals surface area contributed by atoms with Crippen LogP contribution >= 0.6 is 11.6 Å². The number of anilines is 5. The van der Waals surface area contributed by atoms with Gasteiger partial charge in [-0.3, -0.25) is 0 Å². The molecule has 1 unspecified atom stereocenters. The Morgan fingerprint density at radius 1 is 1.09 bits per heavy atom. The number of hydrogen-bond donors (Lipinski definition) is 4. The number of nitrogens with one attached hydrogen (secondary N) is 4. The van der Waals surface area contributed by atoms with E-state index in [1.807, 2.05) is 19.2 Å². The Kier molecular flexibility index (Phi) is 7.75. The van der Waals surface area contributed by atoms with Gasteiger partial charge < -0.3 is 20.9 Å². The Morgan fingerprint density at radius 2 is 1.83 bits per heavy atom. The van der Waals surface area contributed by atoms with E-state index in [-0.39, 0.29) is 16.0 Å². The molecule has 2 heterocycles. The molecule has 35 heavy (non-hydrogen) atoms. The molecule has 186 valence electrons. The van der Waals surface area contributed by atoms with Crippen LogP contribution in [0.25, 0.3) is 0 Å². The Morgan fingerprint density at radius 3 is 2.51 bits per heavy atom. The summed E-state index contributed by atoms with van der Waals surface area (Å²) in [5.74, 6) is 0.630. The minimum atomic E-state index is -3.72. The second kappa shape index (κ2) is 10.8. The van der Waals surface area contributed by atoms with Crippen LogP contribution in [0.15, 0.2) is 59.6 Å². The van der Waals surface area contributed by atoms with Crippen molar-refractivity contribution in [3.8, 4) is 0 Å². The van der Waals surface area contributed by atoms with Crippen LogP contribution in [0.3, 0.4) is 0 Å². The molecule has 0 aliphatic carbocycles. The Labute approximate surface area is 211 Å². The van der Waals surface area contributed by atoms with Gasteiger partial charge in [-0.1, -0.05) is 23.7 Å². The van der Waals surface area contributed by atoms with Crippen LogP contribution in [0.1, 0.15) is 20.3 Å². The summed E-state index contributed by atoms with van der Waals surface area (Å²) in [6, 6.07) is 15.0. The number of rotatable bonds is 9. The van der Waals surface area contributed by atoms with Crippen LogP contribution in [-0.2, 0) is 10.0 Å². The lowest BCUT2D eigenvalue weighted by Crippen LogP contribution is -2.30. The van der Waals surface area contributed by atoms with Crippen LogP contribution < -0.4 is 25.6 Å². The number of benzene rings is 2. The first kappa shape index (κ1) is 25.2. The van der Waals surface area contributed by atoms with E-state index in [1.54, 1.807) is 32.0 Å². The number of nitrogens with zero attached hydrogens (tertiary/aromatic N) is 3. The molecule has 4 N–H and O–H groups in total. The van der Waals surface area contributed by atoms with Crippen molar-refractivity contribution in [2.24, 2.45) is 0 Å². The van der Waals surface area contributed by atoms with Gasteiger partial charge in [0.15, 0.2) is 5.82 Å². The Hall–Kier alpha value is -2.92. The predicted octanol–water partition coefficient (Wildman–Crippen LogP) is 4.10. The first-order chi connectivity index (χ1) is 16.7. The molecule has 1 atom stereocenters. The van der Waals surface area contributed by atoms with Crippen molar-refractivity contribution >= 4 is 50.5 Å². The van der Waals surface area contributed by atoms with Gasteiger partial charge in [0, 0.05) is 36.5 Å². The fourth-order valence-electron chi connectivity index (χ4n) is 3.94. The molecule has 0 bridgehead atoms. The van der Waals surface area contributed by atoms with Crippen LogP contribution in [0.5, 0.6) is 0 Å². The standard InChI is InChI=1S/C24H30ClN7O2S/c1-16(2)31-35(33,34)22-7-5-4-6-21(22)29-23-20(25)14-27-24(30-23)28-17-8-10-19(11-9-17)32-13-12-18(15-32)26-3/h4-11,14,16,18,26,31H,12-13,15H2,1-3H3,(H2,27,28,29,30). The maximum Gasteiger partial charge on any atom is 0.242 e. The number of halogens is 1. The highest BCUT2D eigenvalue weighted by Gasteiger charge is 2.22. The van der Waals surface area contributed by atoms with E-state index >= 15 is 0 Å². The number of likely N-dealkylation sites (N-methyl/N-ethyl adjacent to an activating group) is 1. The molecule has 2 aromatic carbocycles. The van der Waals surface area contributed by atoms with Crippen LogP contribution in [0, 0.1) is 0 Å². The molecular formula is C24H30ClN7O2S. The normalized spacial score (nSPS) is 16.0. The van der Waals surface area contributed by atoms with Crippen LogP contribution in [0.4, 0.5) is 28.8 Å². The summed E-state index contributed by atoms with van der Waals surface area (Å²) in [5, 5.41) is 9.83. The van der Waals surface area contributed by atoms with E-state index < -0.39 is 10.0 Å². The van der Waals surface area contributed by atoms with Crippen molar-refractivity contribution in [3.63, 3.8) is 0 Å². The van der Waals surface area contributed by atoms with Gasteiger partial charge in [0.25, 0.3) is 0 Å². The molecule has 1 fully saturated rings. The van der Waals surface area contributed by atoms with Gasteiger partial charge in [-0.05, 0) is 63.7 Å². The van der Waals surface area contributed by atoms with Crippen molar-refractivity contribution in [2.45, 2.75) is 37.2 Å². The van der Waals surface area contributed by atoms with Gasteiger partial charge >= 0.3 is 0 Å². The van der Waals surface area contributed by atoms with Gasteiger partial charge in [0.1, 0.15) is 9.92 Å². The highest BCUT2D eigenvalue weighted by molar-refractivity contribution is 7.89. The van der Waals surface area contributed by atoms with E-state index in [0.717, 1.165) is 25.2 Å². The van der Waals surface area contributed by atoms with E-state index in [0.29, 0.717) is 23.5 Å². The minimum absolute atomic E-state index is 0.107. The number of hydrogen-bond acceptors (Lipinski definition) is 8. The molecule has 4 rings (SSSR count). The van der Waals surface area contributed by atoms with Crippen LogP contribution in [0.2, 0.25) is 5.02 Å². The minimum Gasteiger partial charge on any atom is -0.370 e. The molecule has 1 aromatic heterocycles. The van der Waals surface area contributed by atoms with Crippen molar-refractivity contribution in [1.29, 1.82) is 0 Å². The fraction of sp³-hybridized carbons (Fsp3) is 0.333. The average Bonchev–Trinajstić information content (AvgIpc) is 3.31. The predicted molar refractivity (Wildman–Crippen MR) is 142 cm³/mol. The Bertz CT molecular complexity index is 1270. The SMILES string of the molecule is CNC1CCN(c2ccc(Nc3ncc(Cl)c(Nc4ccccc4S(=O)(=O)NC(C)C)n3)cc2)C1. The van der Waals surface area contributed by atoms with E-state index in [9.17, 15) is 8.42 Å².